The van der Waals surface area contributed by atoms with E-state index < -0.39 is 0 Å². The first-order valence-electron chi connectivity index (χ1n) is 9.69. The zero-order valence-corrected chi connectivity index (χ0v) is 15.8. The van der Waals surface area contributed by atoms with Gasteiger partial charge in [0.25, 0.3) is 5.91 Å². The SMILES string of the molecule is O=C(COc1ccccc1)NC[C@H](c1ccco1)[NH+]1CCc2ccccc2C1. The van der Waals surface area contributed by atoms with E-state index in [1.54, 1.807) is 6.26 Å². The number of quaternary nitrogens is 1. The number of hydrogen-bond donors (Lipinski definition) is 2. The maximum atomic E-state index is 12.3. The fourth-order valence-corrected chi connectivity index (χ4v) is 3.77. The third-order valence-corrected chi connectivity index (χ3v) is 5.25. The molecule has 1 aliphatic rings. The average Bonchev–Trinajstić information content (AvgIpc) is 3.27. The molecule has 0 bridgehead atoms. The molecule has 0 aliphatic carbocycles. The number of nitrogens with one attached hydrogen (secondary N) is 2. The van der Waals surface area contributed by atoms with Crippen molar-refractivity contribution < 1.29 is 18.8 Å². The second-order valence-electron chi connectivity index (χ2n) is 7.08. The van der Waals surface area contributed by atoms with Crippen molar-refractivity contribution in [3.05, 3.63) is 89.9 Å². The second kappa shape index (κ2) is 8.76. The minimum atomic E-state index is -0.128. The molecule has 0 radical (unpaired) electrons. The molecule has 2 aromatic carbocycles. The molecule has 0 fully saturated rings. The summed E-state index contributed by atoms with van der Waals surface area (Å²) in [6.45, 7) is 2.46. The molecule has 1 aromatic heterocycles. The molecule has 5 nitrogen and oxygen atoms in total. The first kappa shape index (κ1) is 18.3. The first-order valence-corrected chi connectivity index (χ1v) is 9.69. The van der Waals surface area contributed by atoms with Crippen LogP contribution < -0.4 is 15.0 Å². The van der Waals surface area contributed by atoms with E-state index in [-0.39, 0.29) is 18.6 Å². The molecule has 0 saturated carbocycles. The monoisotopic (exact) mass is 377 g/mol. The summed E-state index contributed by atoms with van der Waals surface area (Å²) in [6, 6.07) is 21.9. The standard InChI is InChI=1S/C23H24N2O3/c26-23(17-28-20-9-2-1-3-10-20)24-15-21(22-11-6-14-27-22)25-13-12-18-7-4-5-8-19(18)16-25/h1-11,14,21H,12-13,15-17H2,(H,24,26)/p+1/t21-/m1/s1. The van der Waals surface area contributed by atoms with E-state index in [1.165, 1.54) is 16.0 Å². The van der Waals surface area contributed by atoms with Crippen LogP contribution in [0.3, 0.4) is 0 Å². The van der Waals surface area contributed by atoms with E-state index in [2.05, 4.69) is 29.6 Å². The van der Waals surface area contributed by atoms with Crippen molar-refractivity contribution in [2.24, 2.45) is 0 Å². The van der Waals surface area contributed by atoms with Crippen molar-refractivity contribution >= 4 is 5.91 Å². The molecule has 0 spiro atoms. The molecule has 28 heavy (non-hydrogen) atoms. The normalized spacial score (nSPS) is 16.8. The zero-order chi connectivity index (χ0) is 19.2. The Balaban J connectivity index is 1.38. The predicted octanol–water partition coefficient (Wildman–Crippen LogP) is 2.16. The van der Waals surface area contributed by atoms with Crippen LogP contribution in [0.1, 0.15) is 22.9 Å². The largest absolute Gasteiger partial charge is 0.484 e. The topological polar surface area (TPSA) is 55.9 Å². The average molecular weight is 377 g/mol. The van der Waals surface area contributed by atoms with Gasteiger partial charge in [-0.15, -0.1) is 0 Å². The molecule has 5 heteroatoms. The van der Waals surface area contributed by atoms with E-state index in [1.807, 2.05) is 42.5 Å². The number of rotatable bonds is 7. The fourth-order valence-electron chi connectivity index (χ4n) is 3.77. The van der Waals surface area contributed by atoms with E-state index in [0.717, 1.165) is 25.3 Å². The maximum absolute atomic E-state index is 12.3. The molecule has 2 N–H and O–H groups in total. The van der Waals surface area contributed by atoms with Crippen LogP contribution >= 0.6 is 0 Å². The predicted molar refractivity (Wildman–Crippen MR) is 106 cm³/mol. The van der Waals surface area contributed by atoms with Gasteiger partial charge in [0.1, 0.15) is 12.3 Å². The highest BCUT2D eigenvalue weighted by Gasteiger charge is 2.30. The maximum Gasteiger partial charge on any atom is 0.258 e. The van der Waals surface area contributed by atoms with Gasteiger partial charge >= 0.3 is 0 Å². The van der Waals surface area contributed by atoms with Crippen molar-refractivity contribution in [2.45, 2.75) is 19.0 Å². The highest BCUT2D eigenvalue weighted by molar-refractivity contribution is 5.77. The van der Waals surface area contributed by atoms with Crippen LogP contribution in [0.25, 0.3) is 0 Å². The van der Waals surface area contributed by atoms with Gasteiger partial charge in [0.15, 0.2) is 18.4 Å². The van der Waals surface area contributed by atoms with Crippen molar-refractivity contribution in [3.8, 4) is 5.75 Å². The van der Waals surface area contributed by atoms with Crippen LogP contribution in [-0.4, -0.2) is 25.6 Å². The number of carbonyl (C=O) groups excluding carboxylic acids is 1. The van der Waals surface area contributed by atoms with Gasteiger partial charge in [0.05, 0.1) is 19.4 Å². The Kier molecular flexibility index (Phi) is 5.73. The Morgan fingerprint density at radius 2 is 1.82 bits per heavy atom. The Labute approximate surface area is 164 Å². The van der Waals surface area contributed by atoms with Gasteiger partial charge in [0, 0.05) is 12.0 Å². The highest BCUT2D eigenvalue weighted by atomic mass is 16.5. The molecule has 1 unspecified atom stereocenters. The van der Waals surface area contributed by atoms with Crippen LogP contribution in [0, 0.1) is 0 Å². The van der Waals surface area contributed by atoms with Crippen LogP contribution in [-0.2, 0) is 17.8 Å². The van der Waals surface area contributed by atoms with E-state index in [0.29, 0.717) is 12.3 Å². The van der Waals surface area contributed by atoms with Crippen LogP contribution in [0.4, 0.5) is 0 Å². The lowest BCUT2D eigenvalue weighted by Gasteiger charge is -2.31. The van der Waals surface area contributed by atoms with E-state index in [9.17, 15) is 4.79 Å². The number of para-hydroxylation sites is 1. The van der Waals surface area contributed by atoms with Crippen molar-refractivity contribution in [1.29, 1.82) is 0 Å². The Hall–Kier alpha value is -3.05. The molecule has 144 valence electrons. The van der Waals surface area contributed by atoms with Gasteiger partial charge < -0.3 is 19.4 Å². The van der Waals surface area contributed by atoms with E-state index >= 15 is 0 Å². The number of benzene rings is 2. The summed E-state index contributed by atoms with van der Waals surface area (Å²) in [5.74, 6) is 1.47. The molecule has 1 amide bonds. The van der Waals surface area contributed by atoms with Gasteiger partial charge in [-0.2, -0.15) is 0 Å². The number of carbonyl (C=O) groups is 1. The number of amides is 1. The van der Waals surface area contributed by atoms with E-state index in [4.69, 9.17) is 9.15 Å². The molecular weight excluding hydrogens is 352 g/mol. The lowest BCUT2D eigenvalue weighted by atomic mass is 9.98. The van der Waals surface area contributed by atoms with Gasteiger partial charge in [-0.25, -0.2) is 0 Å². The summed E-state index contributed by atoms with van der Waals surface area (Å²) in [5, 5.41) is 3.02. The Morgan fingerprint density at radius 3 is 2.61 bits per heavy atom. The minimum Gasteiger partial charge on any atom is -0.484 e. The fraction of sp³-hybridized carbons (Fsp3) is 0.261. The molecule has 0 saturated heterocycles. The second-order valence-corrected chi connectivity index (χ2v) is 7.08. The molecule has 2 atom stereocenters. The number of ether oxygens (including phenoxy) is 1. The van der Waals surface area contributed by atoms with Crippen molar-refractivity contribution in [3.63, 3.8) is 0 Å². The summed E-state index contributed by atoms with van der Waals surface area (Å²) in [5.41, 5.74) is 2.80. The smallest absolute Gasteiger partial charge is 0.258 e. The van der Waals surface area contributed by atoms with Crippen LogP contribution in [0.5, 0.6) is 5.75 Å². The quantitative estimate of drug-likeness (QED) is 0.663. The number of furan rings is 1. The lowest BCUT2D eigenvalue weighted by molar-refractivity contribution is -0.946. The summed E-state index contributed by atoms with van der Waals surface area (Å²) in [6.07, 6.45) is 2.73. The summed E-state index contributed by atoms with van der Waals surface area (Å²) in [7, 11) is 0. The lowest BCUT2D eigenvalue weighted by Crippen LogP contribution is -3.12. The molecule has 2 heterocycles. The van der Waals surface area contributed by atoms with Crippen molar-refractivity contribution in [2.75, 3.05) is 19.7 Å². The molecule has 3 aromatic rings. The summed E-state index contributed by atoms with van der Waals surface area (Å²) in [4.78, 5) is 13.7. The molecule has 1 aliphatic heterocycles. The minimum absolute atomic E-state index is 0.00700. The summed E-state index contributed by atoms with van der Waals surface area (Å²) >= 11 is 0. The van der Waals surface area contributed by atoms with Gasteiger partial charge in [-0.3, -0.25) is 4.79 Å². The van der Waals surface area contributed by atoms with Gasteiger partial charge in [-0.1, -0.05) is 42.5 Å². The van der Waals surface area contributed by atoms with Crippen LogP contribution in [0.2, 0.25) is 0 Å². The third kappa shape index (κ3) is 4.43. The summed E-state index contributed by atoms with van der Waals surface area (Å²) < 4.78 is 11.2. The highest BCUT2D eigenvalue weighted by Crippen LogP contribution is 2.15. The van der Waals surface area contributed by atoms with Gasteiger partial charge in [0.2, 0.25) is 0 Å². The molecule has 4 rings (SSSR count). The number of fused-ring (bicyclic) bond motifs is 1. The zero-order valence-electron chi connectivity index (χ0n) is 15.8. The van der Waals surface area contributed by atoms with Crippen molar-refractivity contribution in [1.82, 2.24) is 5.32 Å². The van der Waals surface area contributed by atoms with Crippen LogP contribution in [0.15, 0.2) is 77.4 Å². The Bertz CT molecular complexity index is 893. The first-order chi connectivity index (χ1) is 13.8. The van der Waals surface area contributed by atoms with Gasteiger partial charge in [-0.05, 0) is 29.8 Å². The Morgan fingerprint density at radius 1 is 1.04 bits per heavy atom. The molecular formula is C23H25N2O3+. The number of hydrogen-bond acceptors (Lipinski definition) is 3. The third-order valence-electron chi connectivity index (χ3n) is 5.25.